The van der Waals surface area contributed by atoms with E-state index in [1.807, 2.05) is 18.2 Å². The average molecular weight is 297 g/mol. The fourth-order valence-corrected chi connectivity index (χ4v) is 2.85. The number of benzene rings is 1. The third kappa shape index (κ3) is 2.79. The lowest BCUT2D eigenvalue weighted by molar-refractivity contribution is 0.987. The zero-order valence-electron chi connectivity index (χ0n) is 10.9. The van der Waals surface area contributed by atoms with E-state index in [0.29, 0.717) is 12.3 Å². The van der Waals surface area contributed by atoms with Crippen molar-refractivity contribution in [2.45, 2.75) is 16.3 Å². The van der Waals surface area contributed by atoms with Crippen LogP contribution in [-0.2, 0) is 6.42 Å². The second kappa shape index (κ2) is 5.78. The Hall–Kier alpha value is -2.63. The maximum absolute atomic E-state index is 8.58. The second-order valence-electron chi connectivity index (χ2n) is 4.25. The molecule has 1 aromatic heterocycles. The SMILES string of the molecule is N#CN=C(Cc1ccc2c(c1)Nc1nccnc1S2)NN. The van der Waals surface area contributed by atoms with Gasteiger partial charge in [0.05, 0.1) is 5.69 Å². The number of nitrogens with two attached hydrogens (primary N) is 1. The van der Waals surface area contributed by atoms with E-state index in [-0.39, 0.29) is 0 Å². The summed E-state index contributed by atoms with van der Waals surface area (Å²) in [6.07, 6.45) is 5.50. The highest BCUT2D eigenvalue weighted by atomic mass is 32.2. The van der Waals surface area contributed by atoms with Gasteiger partial charge in [-0.1, -0.05) is 17.8 Å². The standard InChI is InChI=1S/C13H11N7S/c14-7-18-11(20-15)6-8-1-2-10-9(5-8)19-12-13(21-10)17-4-3-16-12/h1-5H,6,15H2,(H,16,19)(H,18,20). The molecular weight excluding hydrogens is 286 g/mol. The highest BCUT2D eigenvalue weighted by Gasteiger charge is 2.17. The Bertz CT molecular complexity index is 750. The Morgan fingerprint density at radius 1 is 1.43 bits per heavy atom. The number of aliphatic imine (C=N–C) groups is 1. The first-order valence-corrected chi connectivity index (χ1v) is 6.93. The molecule has 0 bridgehead atoms. The van der Waals surface area contributed by atoms with Gasteiger partial charge in [0.15, 0.2) is 5.82 Å². The van der Waals surface area contributed by atoms with Gasteiger partial charge in [-0.2, -0.15) is 10.3 Å². The van der Waals surface area contributed by atoms with E-state index in [9.17, 15) is 0 Å². The molecule has 7 nitrogen and oxygen atoms in total. The summed E-state index contributed by atoms with van der Waals surface area (Å²) in [5, 5.41) is 12.7. The topological polar surface area (TPSA) is 112 Å². The Balaban J connectivity index is 1.87. The lowest BCUT2D eigenvalue weighted by Gasteiger charge is -2.19. The zero-order chi connectivity index (χ0) is 14.7. The molecule has 0 radical (unpaired) electrons. The summed E-state index contributed by atoms with van der Waals surface area (Å²) < 4.78 is 0. The summed E-state index contributed by atoms with van der Waals surface area (Å²) in [6, 6.07) is 5.96. The average Bonchev–Trinajstić information content (AvgIpc) is 2.52. The predicted molar refractivity (Wildman–Crippen MR) is 80.0 cm³/mol. The number of aromatic nitrogens is 2. The molecule has 0 saturated carbocycles. The largest absolute Gasteiger partial charge is 0.337 e. The minimum absolute atomic E-state index is 0.418. The lowest BCUT2D eigenvalue weighted by Crippen LogP contribution is -2.31. The Labute approximate surface area is 125 Å². The van der Waals surface area contributed by atoms with Gasteiger partial charge in [-0.3, -0.25) is 0 Å². The van der Waals surface area contributed by atoms with Gasteiger partial charge in [-0.25, -0.2) is 15.8 Å². The van der Waals surface area contributed by atoms with Crippen LogP contribution in [0.15, 0.2) is 45.5 Å². The molecule has 0 aliphatic carbocycles. The molecular formula is C13H11N7S. The number of hydrazine groups is 1. The van der Waals surface area contributed by atoms with Gasteiger partial charge >= 0.3 is 0 Å². The fraction of sp³-hybridized carbons (Fsp3) is 0.0769. The van der Waals surface area contributed by atoms with Crippen LogP contribution in [0.2, 0.25) is 0 Å². The van der Waals surface area contributed by atoms with Gasteiger partial charge in [-0.05, 0) is 17.7 Å². The van der Waals surface area contributed by atoms with Gasteiger partial charge in [0, 0.05) is 23.7 Å². The zero-order valence-corrected chi connectivity index (χ0v) is 11.7. The molecule has 0 atom stereocenters. The van der Waals surface area contributed by atoms with Crippen LogP contribution in [0.5, 0.6) is 0 Å². The summed E-state index contributed by atoms with van der Waals surface area (Å²) in [5.74, 6) is 6.50. The van der Waals surface area contributed by atoms with E-state index in [0.717, 1.165) is 27.0 Å². The molecule has 0 saturated heterocycles. The van der Waals surface area contributed by atoms with Crippen LogP contribution >= 0.6 is 11.8 Å². The van der Waals surface area contributed by atoms with Crippen molar-refractivity contribution >= 4 is 29.1 Å². The first kappa shape index (κ1) is 13.4. The summed E-state index contributed by atoms with van der Waals surface area (Å²) in [7, 11) is 0. The molecule has 2 aromatic rings. The maximum Gasteiger partial charge on any atom is 0.207 e. The van der Waals surface area contributed by atoms with Gasteiger partial charge in [0.25, 0.3) is 0 Å². The van der Waals surface area contributed by atoms with E-state index in [1.165, 1.54) is 0 Å². The van der Waals surface area contributed by atoms with Crippen LogP contribution in [0.4, 0.5) is 11.5 Å². The molecule has 1 aliphatic heterocycles. The quantitative estimate of drug-likeness (QED) is 0.216. The van der Waals surface area contributed by atoms with Gasteiger partial charge in [-0.15, -0.1) is 0 Å². The van der Waals surface area contributed by atoms with E-state index in [4.69, 9.17) is 11.1 Å². The number of fused-ring (bicyclic) bond motifs is 2. The monoisotopic (exact) mass is 297 g/mol. The number of nitriles is 1. The normalized spacial score (nSPS) is 12.7. The van der Waals surface area contributed by atoms with Gasteiger partial charge in [0.1, 0.15) is 10.9 Å². The third-order valence-electron chi connectivity index (χ3n) is 2.89. The molecule has 0 unspecified atom stereocenters. The van der Waals surface area contributed by atoms with Crippen LogP contribution < -0.4 is 16.6 Å². The van der Waals surface area contributed by atoms with Crippen molar-refractivity contribution in [3.63, 3.8) is 0 Å². The summed E-state index contributed by atoms with van der Waals surface area (Å²) >= 11 is 1.57. The van der Waals surface area contributed by atoms with Crippen molar-refractivity contribution in [3.05, 3.63) is 36.2 Å². The number of hydrogen-bond donors (Lipinski definition) is 3. The van der Waals surface area contributed by atoms with Crippen molar-refractivity contribution in [2.24, 2.45) is 10.8 Å². The molecule has 104 valence electrons. The second-order valence-corrected chi connectivity index (χ2v) is 5.28. The highest BCUT2D eigenvalue weighted by molar-refractivity contribution is 7.99. The van der Waals surface area contributed by atoms with Crippen LogP contribution in [-0.4, -0.2) is 15.8 Å². The lowest BCUT2D eigenvalue weighted by atomic mass is 10.1. The van der Waals surface area contributed by atoms with E-state index in [2.05, 4.69) is 25.7 Å². The minimum Gasteiger partial charge on any atom is -0.337 e. The van der Waals surface area contributed by atoms with Crippen LogP contribution in [0.25, 0.3) is 0 Å². The Morgan fingerprint density at radius 3 is 3.10 bits per heavy atom. The molecule has 0 fully saturated rings. The van der Waals surface area contributed by atoms with Crippen molar-refractivity contribution in [2.75, 3.05) is 5.32 Å². The van der Waals surface area contributed by atoms with Gasteiger partial charge < -0.3 is 10.7 Å². The van der Waals surface area contributed by atoms with Crippen molar-refractivity contribution in [1.29, 1.82) is 5.26 Å². The van der Waals surface area contributed by atoms with Gasteiger partial charge in [0.2, 0.25) is 6.19 Å². The predicted octanol–water partition coefficient (Wildman–Crippen LogP) is 1.57. The van der Waals surface area contributed by atoms with Crippen molar-refractivity contribution < 1.29 is 0 Å². The molecule has 8 heteroatoms. The first-order chi connectivity index (χ1) is 10.3. The van der Waals surface area contributed by atoms with Crippen LogP contribution in [0.1, 0.15) is 5.56 Å². The molecule has 1 aliphatic rings. The fourth-order valence-electron chi connectivity index (χ4n) is 1.97. The number of anilines is 2. The molecule has 3 rings (SSSR count). The van der Waals surface area contributed by atoms with Crippen molar-refractivity contribution in [1.82, 2.24) is 15.4 Å². The molecule has 21 heavy (non-hydrogen) atoms. The summed E-state index contributed by atoms with van der Waals surface area (Å²) in [4.78, 5) is 13.2. The highest BCUT2D eigenvalue weighted by Crippen LogP contribution is 2.41. The number of hydrogen-bond acceptors (Lipinski definition) is 7. The molecule has 4 N–H and O–H groups in total. The molecule has 1 aromatic carbocycles. The number of amidine groups is 1. The Morgan fingerprint density at radius 2 is 2.29 bits per heavy atom. The first-order valence-electron chi connectivity index (χ1n) is 6.11. The summed E-state index contributed by atoms with van der Waals surface area (Å²) in [6.45, 7) is 0. The van der Waals surface area contributed by atoms with Crippen LogP contribution in [0, 0.1) is 11.5 Å². The Kier molecular flexibility index (Phi) is 3.68. The third-order valence-corrected chi connectivity index (χ3v) is 3.96. The molecule has 2 heterocycles. The van der Waals surface area contributed by atoms with E-state index in [1.54, 1.807) is 30.3 Å². The van der Waals surface area contributed by atoms with E-state index < -0.39 is 0 Å². The van der Waals surface area contributed by atoms with E-state index >= 15 is 0 Å². The molecule has 0 amide bonds. The summed E-state index contributed by atoms with van der Waals surface area (Å²) in [5.41, 5.74) is 4.37. The maximum atomic E-state index is 8.58. The molecule has 0 spiro atoms. The van der Waals surface area contributed by atoms with Crippen molar-refractivity contribution in [3.8, 4) is 6.19 Å². The smallest absolute Gasteiger partial charge is 0.207 e. The van der Waals surface area contributed by atoms with Crippen LogP contribution in [0.3, 0.4) is 0 Å². The number of nitrogens with one attached hydrogen (secondary N) is 2. The number of nitrogens with zero attached hydrogens (tertiary/aromatic N) is 4. The minimum atomic E-state index is 0.418. The number of rotatable bonds is 2.